The van der Waals surface area contributed by atoms with E-state index < -0.39 is 0 Å². The first-order valence-corrected chi connectivity index (χ1v) is 8.46. The summed E-state index contributed by atoms with van der Waals surface area (Å²) in [5, 5.41) is 0. The minimum absolute atomic E-state index is 0.687. The highest BCUT2D eigenvalue weighted by atomic mass is 14.6. The molecule has 0 aromatic heterocycles. The van der Waals surface area contributed by atoms with Crippen LogP contribution in [0.15, 0.2) is 0 Å². The van der Waals surface area contributed by atoms with Gasteiger partial charge in [0, 0.05) is 0 Å². The van der Waals surface area contributed by atoms with E-state index in [1.165, 1.54) is 51.4 Å². The highest BCUT2D eigenvalue weighted by molar-refractivity contribution is 5.09. The zero-order valence-electron chi connectivity index (χ0n) is 13.0. The van der Waals surface area contributed by atoms with Crippen LogP contribution in [0.5, 0.6) is 0 Å². The van der Waals surface area contributed by atoms with Gasteiger partial charge in [-0.3, -0.25) is 0 Å². The van der Waals surface area contributed by atoms with E-state index in [1.807, 2.05) is 0 Å². The second-order valence-corrected chi connectivity index (χ2v) is 8.57. The molecule has 0 spiro atoms. The van der Waals surface area contributed by atoms with Crippen molar-refractivity contribution < 1.29 is 0 Å². The summed E-state index contributed by atoms with van der Waals surface area (Å²) in [6.07, 6.45) is 12.1. The van der Waals surface area contributed by atoms with Gasteiger partial charge in [0.2, 0.25) is 0 Å². The van der Waals surface area contributed by atoms with Crippen molar-refractivity contribution in [3.63, 3.8) is 0 Å². The summed E-state index contributed by atoms with van der Waals surface area (Å²) in [4.78, 5) is 0. The van der Waals surface area contributed by atoms with E-state index in [-0.39, 0.29) is 0 Å². The Morgan fingerprint density at radius 3 is 1.28 bits per heavy atom. The van der Waals surface area contributed by atoms with E-state index in [1.54, 1.807) is 0 Å². The van der Waals surface area contributed by atoms with Crippen LogP contribution >= 0.6 is 0 Å². The minimum atomic E-state index is 0.687. The van der Waals surface area contributed by atoms with Crippen LogP contribution < -0.4 is 0 Å². The summed E-state index contributed by atoms with van der Waals surface area (Å²) >= 11 is 0. The fourth-order valence-electron chi connectivity index (χ4n) is 5.83. The first-order valence-electron chi connectivity index (χ1n) is 8.46. The Balaban J connectivity index is 1.76. The van der Waals surface area contributed by atoms with Crippen LogP contribution in [0.25, 0.3) is 0 Å². The Labute approximate surface area is 114 Å². The molecule has 6 atom stereocenters. The Hall–Kier alpha value is 0. The molecule has 0 saturated heterocycles. The number of hydrogen-bond donors (Lipinski definition) is 0. The van der Waals surface area contributed by atoms with Crippen LogP contribution in [0.3, 0.4) is 0 Å². The van der Waals surface area contributed by atoms with E-state index in [4.69, 9.17) is 0 Å². The van der Waals surface area contributed by atoms with E-state index in [9.17, 15) is 0 Å². The summed E-state index contributed by atoms with van der Waals surface area (Å²) in [5.41, 5.74) is 1.37. The first-order chi connectivity index (χ1) is 8.46. The predicted molar refractivity (Wildman–Crippen MR) is 78.5 cm³/mol. The SMILES string of the molecule is CC1CCC([C@]2(C)CC[C@]2(C)C2CCC(C)C2)C1. The second-order valence-electron chi connectivity index (χ2n) is 8.57. The van der Waals surface area contributed by atoms with Gasteiger partial charge in [0.15, 0.2) is 0 Å². The molecule has 0 amide bonds. The molecule has 0 aromatic rings. The van der Waals surface area contributed by atoms with Crippen molar-refractivity contribution in [2.75, 3.05) is 0 Å². The van der Waals surface area contributed by atoms with Gasteiger partial charge in [-0.25, -0.2) is 0 Å². The summed E-state index contributed by atoms with van der Waals surface area (Å²) in [6.45, 7) is 10.2. The summed E-state index contributed by atoms with van der Waals surface area (Å²) in [7, 11) is 0. The third kappa shape index (κ3) is 1.70. The molecule has 0 aliphatic heterocycles. The van der Waals surface area contributed by atoms with Crippen LogP contribution in [0.4, 0.5) is 0 Å². The maximum atomic E-state index is 2.65. The molecule has 3 aliphatic rings. The molecule has 0 aromatic carbocycles. The molecule has 3 saturated carbocycles. The Bertz CT molecular complexity index is 288. The lowest BCUT2D eigenvalue weighted by Gasteiger charge is -2.63. The molecule has 4 unspecified atom stereocenters. The van der Waals surface area contributed by atoms with Crippen molar-refractivity contribution in [2.24, 2.45) is 34.5 Å². The zero-order valence-corrected chi connectivity index (χ0v) is 13.0. The molecule has 0 heterocycles. The van der Waals surface area contributed by atoms with Gasteiger partial charge in [-0.05, 0) is 73.0 Å². The third-order valence-electron chi connectivity index (χ3n) is 7.66. The maximum Gasteiger partial charge on any atom is -0.0241 e. The van der Waals surface area contributed by atoms with Crippen LogP contribution in [-0.2, 0) is 0 Å². The van der Waals surface area contributed by atoms with Gasteiger partial charge in [-0.1, -0.05) is 40.5 Å². The van der Waals surface area contributed by atoms with Crippen molar-refractivity contribution in [3.05, 3.63) is 0 Å². The molecule has 0 bridgehead atoms. The van der Waals surface area contributed by atoms with Gasteiger partial charge < -0.3 is 0 Å². The fraction of sp³-hybridized carbons (Fsp3) is 1.00. The van der Waals surface area contributed by atoms with Gasteiger partial charge in [0.25, 0.3) is 0 Å². The standard InChI is InChI=1S/C18H32/c1-13-5-7-15(11-13)17(3)9-10-18(17,4)16-8-6-14(2)12-16/h13-16H,5-12H2,1-4H3/t13?,14?,15?,16?,17-,18+. The molecular formula is C18H32. The average Bonchev–Trinajstić information content (AvgIpc) is 2.95. The lowest BCUT2D eigenvalue weighted by molar-refractivity contribution is -0.136. The van der Waals surface area contributed by atoms with Crippen LogP contribution in [-0.4, -0.2) is 0 Å². The second kappa shape index (κ2) is 4.25. The molecule has 3 fully saturated rings. The monoisotopic (exact) mass is 248 g/mol. The largest absolute Gasteiger partial charge is 0.0625 e. The minimum Gasteiger partial charge on any atom is -0.0625 e. The summed E-state index contributed by atoms with van der Waals surface area (Å²) in [5.74, 6) is 4.09. The Morgan fingerprint density at radius 2 is 1.06 bits per heavy atom. The van der Waals surface area contributed by atoms with Gasteiger partial charge in [-0.15, -0.1) is 0 Å². The molecule has 0 heteroatoms. The van der Waals surface area contributed by atoms with Crippen molar-refractivity contribution in [1.29, 1.82) is 0 Å². The Kier molecular flexibility index (Phi) is 3.07. The predicted octanol–water partition coefficient (Wildman–Crippen LogP) is 5.67. The highest BCUT2D eigenvalue weighted by Crippen LogP contribution is 2.69. The fourth-order valence-corrected chi connectivity index (χ4v) is 5.83. The van der Waals surface area contributed by atoms with Crippen molar-refractivity contribution in [2.45, 2.75) is 79.1 Å². The summed E-state index contributed by atoms with van der Waals surface area (Å²) in [6, 6.07) is 0. The molecule has 104 valence electrons. The lowest BCUT2D eigenvalue weighted by atomic mass is 9.42. The molecule has 0 radical (unpaired) electrons. The van der Waals surface area contributed by atoms with E-state index in [0.29, 0.717) is 10.8 Å². The van der Waals surface area contributed by atoms with Crippen LogP contribution in [0, 0.1) is 34.5 Å². The molecular weight excluding hydrogens is 216 g/mol. The van der Waals surface area contributed by atoms with Gasteiger partial charge in [0.05, 0.1) is 0 Å². The van der Waals surface area contributed by atoms with Crippen LogP contribution in [0.2, 0.25) is 0 Å². The van der Waals surface area contributed by atoms with E-state index in [0.717, 1.165) is 23.7 Å². The van der Waals surface area contributed by atoms with E-state index >= 15 is 0 Å². The van der Waals surface area contributed by atoms with Crippen molar-refractivity contribution in [1.82, 2.24) is 0 Å². The van der Waals surface area contributed by atoms with Crippen molar-refractivity contribution in [3.8, 4) is 0 Å². The van der Waals surface area contributed by atoms with Crippen LogP contribution in [0.1, 0.15) is 79.1 Å². The zero-order chi connectivity index (χ0) is 13.0. The van der Waals surface area contributed by atoms with Gasteiger partial charge in [-0.2, -0.15) is 0 Å². The molecule has 3 aliphatic carbocycles. The van der Waals surface area contributed by atoms with E-state index in [2.05, 4.69) is 27.7 Å². The van der Waals surface area contributed by atoms with Crippen molar-refractivity contribution >= 4 is 0 Å². The number of hydrogen-bond acceptors (Lipinski definition) is 0. The molecule has 3 rings (SSSR count). The molecule has 0 N–H and O–H groups in total. The summed E-state index contributed by atoms with van der Waals surface area (Å²) < 4.78 is 0. The van der Waals surface area contributed by atoms with Gasteiger partial charge >= 0.3 is 0 Å². The Morgan fingerprint density at radius 1 is 0.667 bits per heavy atom. The normalized spacial score (nSPS) is 56.7. The van der Waals surface area contributed by atoms with Gasteiger partial charge in [0.1, 0.15) is 0 Å². The molecule has 18 heavy (non-hydrogen) atoms. The highest BCUT2D eigenvalue weighted by Gasteiger charge is 2.60. The topological polar surface area (TPSA) is 0 Å². The molecule has 0 nitrogen and oxygen atoms in total. The lowest BCUT2D eigenvalue weighted by Crippen LogP contribution is -2.55. The maximum absolute atomic E-state index is 2.65. The third-order valence-corrected chi connectivity index (χ3v) is 7.66. The quantitative estimate of drug-likeness (QED) is 0.591. The number of rotatable bonds is 2. The average molecular weight is 248 g/mol. The first kappa shape index (κ1) is 13.0. The smallest absolute Gasteiger partial charge is 0.0241 e.